The first kappa shape index (κ1) is 10.1. The largest absolute Gasteiger partial charge is 0.197 e. The van der Waals surface area contributed by atoms with Crippen molar-refractivity contribution >= 4 is 11.8 Å². The summed E-state index contributed by atoms with van der Waals surface area (Å²) in [6, 6.07) is 10.4. The van der Waals surface area contributed by atoms with Crippen molar-refractivity contribution in [1.82, 2.24) is 0 Å². The van der Waals surface area contributed by atoms with Crippen LogP contribution >= 0.6 is 11.8 Å². The van der Waals surface area contributed by atoms with Crippen molar-refractivity contribution in [2.75, 3.05) is 0 Å². The van der Waals surface area contributed by atoms with Gasteiger partial charge in [0.15, 0.2) is 0 Å². The molecule has 1 aromatic carbocycles. The van der Waals surface area contributed by atoms with Crippen molar-refractivity contribution in [1.29, 1.82) is 5.26 Å². The van der Waals surface area contributed by atoms with E-state index in [1.165, 1.54) is 10.5 Å². The van der Waals surface area contributed by atoms with Gasteiger partial charge in [0.05, 0.1) is 6.07 Å². The zero-order valence-corrected chi connectivity index (χ0v) is 8.98. The van der Waals surface area contributed by atoms with Gasteiger partial charge in [0.25, 0.3) is 0 Å². The third-order valence-electron chi connectivity index (χ3n) is 1.73. The van der Waals surface area contributed by atoms with Crippen LogP contribution in [0.5, 0.6) is 0 Å². The van der Waals surface area contributed by atoms with E-state index in [1.807, 2.05) is 26.0 Å². The fourth-order valence-electron chi connectivity index (χ4n) is 0.969. The molecule has 0 spiro atoms. The summed E-state index contributed by atoms with van der Waals surface area (Å²) in [5, 5.41) is 8.88. The van der Waals surface area contributed by atoms with Crippen LogP contribution in [0.25, 0.3) is 0 Å². The first-order valence-electron chi connectivity index (χ1n) is 4.21. The molecule has 0 unspecified atom stereocenters. The molecule has 1 rings (SSSR count). The van der Waals surface area contributed by atoms with E-state index < -0.39 is 0 Å². The number of hydrogen-bond acceptors (Lipinski definition) is 2. The van der Waals surface area contributed by atoms with E-state index in [9.17, 15) is 0 Å². The highest BCUT2D eigenvalue weighted by atomic mass is 32.2. The maximum atomic E-state index is 8.88. The van der Waals surface area contributed by atoms with Gasteiger partial charge in [-0.25, -0.2) is 0 Å². The van der Waals surface area contributed by atoms with Gasteiger partial charge < -0.3 is 0 Å². The molecule has 0 aliphatic carbocycles. The molecule has 0 fully saturated rings. The Hall–Kier alpha value is -0.940. The van der Waals surface area contributed by atoms with Crippen molar-refractivity contribution in [3.8, 4) is 6.07 Å². The van der Waals surface area contributed by atoms with E-state index in [0.29, 0.717) is 0 Å². The van der Waals surface area contributed by atoms with E-state index in [1.54, 1.807) is 11.8 Å². The lowest BCUT2D eigenvalue weighted by Crippen LogP contribution is -2.10. The van der Waals surface area contributed by atoms with Crippen LogP contribution in [-0.2, 0) is 0 Å². The van der Waals surface area contributed by atoms with Gasteiger partial charge in [-0.1, -0.05) is 18.2 Å². The molecule has 13 heavy (non-hydrogen) atoms. The molecule has 0 heterocycles. The van der Waals surface area contributed by atoms with Gasteiger partial charge in [-0.15, -0.1) is 11.8 Å². The van der Waals surface area contributed by atoms with E-state index in [4.69, 9.17) is 5.26 Å². The molecule has 0 N–H and O–H groups in total. The van der Waals surface area contributed by atoms with E-state index in [2.05, 4.69) is 25.1 Å². The Labute approximate surface area is 83.8 Å². The standard InChI is InChI=1S/C11H13NS/c1-9-6-4-5-7-10(9)13-11(2,3)8-12/h4-7H,1-3H3. The van der Waals surface area contributed by atoms with Gasteiger partial charge in [-0.2, -0.15) is 5.26 Å². The highest BCUT2D eigenvalue weighted by molar-refractivity contribution is 8.01. The van der Waals surface area contributed by atoms with Crippen LogP contribution in [0.2, 0.25) is 0 Å². The number of benzene rings is 1. The number of aryl methyl sites for hydroxylation is 1. The number of rotatable bonds is 2. The minimum Gasteiger partial charge on any atom is -0.197 e. The highest BCUT2D eigenvalue weighted by Gasteiger charge is 2.18. The minimum absolute atomic E-state index is 0.341. The Bertz CT molecular complexity index is 336. The molecule has 0 amide bonds. The Kier molecular flexibility index (Phi) is 3.00. The van der Waals surface area contributed by atoms with Gasteiger partial charge in [0, 0.05) is 4.90 Å². The highest BCUT2D eigenvalue weighted by Crippen LogP contribution is 2.33. The zero-order valence-electron chi connectivity index (χ0n) is 8.16. The van der Waals surface area contributed by atoms with Crippen LogP contribution in [0.1, 0.15) is 19.4 Å². The summed E-state index contributed by atoms with van der Waals surface area (Å²) in [4.78, 5) is 1.19. The van der Waals surface area contributed by atoms with Gasteiger partial charge in [-0.3, -0.25) is 0 Å². The van der Waals surface area contributed by atoms with Gasteiger partial charge in [0.1, 0.15) is 4.75 Å². The summed E-state index contributed by atoms with van der Waals surface area (Å²) in [6.07, 6.45) is 0. The topological polar surface area (TPSA) is 23.8 Å². The monoisotopic (exact) mass is 191 g/mol. The Morgan fingerprint density at radius 3 is 2.46 bits per heavy atom. The summed E-state index contributed by atoms with van der Waals surface area (Å²) in [6.45, 7) is 5.93. The first-order valence-corrected chi connectivity index (χ1v) is 5.03. The van der Waals surface area contributed by atoms with Crippen molar-refractivity contribution in [2.45, 2.75) is 30.4 Å². The first-order chi connectivity index (χ1) is 6.05. The molecule has 0 bridgehead atoms. The summed E-state index contributed by atoms with van der Waals surface area (Å²) >= 11 is 1.61. The Morgan fingerprint density at radius 2 is 1.92 bits per heavy atom. The lowest BCUT2D eigenvalue weighted by atomic mass is 10.2. The minimum atomic E-state index is -0.341. The number of nitrogens with zero attached hydrogens (tertiary/aromatic N) is 1. The maximum absolute atomic E-state index is 8.88. The number of thioether (sulfide) groups is 1. The van der Waals surface area contributed by atoms with Crippen LogP contribution < -0.4 is 0 Å². The Morgan fingerprint density at radius 1 is 1.31 bits per heavy atom. The lowest BCUT2D eigenvalue weighted by Gasteiger charge is -2.15. The van der Waals surface area contributed by atoms with Gasteiger partial charge >= 0.3 is 0 Å². The summed E-state index contributed by atoms with van der Waals surface area (Å²) in [5.41, 5.74) is 1.23. The van der Waals surface area contributed by atoms with Crippen LogP contribution in [-0.4, -0.2) is 4.75 Å². The van der Waals surface area contributed by atoms with Crippen LogP contribution in [0.3, 0.4) is 0 Å². The van der Waals surface area contributed by atoms with Crippen LogP contribution in [0.4, 0.5) is 0 Å². The van der Waals surface area contributed by atoms with Crippen LogP contribution in [0.15, 0.2) is 29.2 Å². The molecule has 1 aromatic rings. The normalized spacial score (nSPS) is 10.9. The fraction of sp³-hybridized carbons (Fsp3) is 0.364. The van der Waals surface area contributed by atoms with E-state index >= 15 is 0 Å². The second kappa shape index (κ2) is 3.85. The van der Waals surface area contributed by atoms with E-state index in [-0.39, 0.29) is 4.75 Å². The molecular weight excluding hydrogens is 178 g/mol. The number of hydrogen-bond donors (Lipinski definition) is 0. The van der Waals surface area contributed by atoms with Crippen molar-refractivity contribution in [3.05, 3.63) is 29.8 Å². The van der Waals surface area contributed by atoms with Crippen LogP contribution in [0, 0.1) is 18.3 Å². The molecule has 68 valence electrons. The molecule has 2 heteroatoms. The summed E-state index contributed by atoms with van der Waals surface area (Å²) in [7, 11) is 0. The molecule has 0 atom stereocenters. The summed E-state index contributed by atoms with van der Waals surface area (Å²) in [5.74, 6) is 0. The molecule has 0 aliphatic rings. The molecule has 0 aromatic heterocycles. The predicted octanol–water partition coefficient (Wildman–Crippen LogP) is 3.39. The molecule has 0 saturated carbocycles. The smallest absolute Gasteiger partial charge is 0.101 e. The SMILES string of the molecule is Cc1ccccc1SC(C)(C)C#N. The molecular formula is C11H13NS. The van der Waals surface area contributed by atoms with Gasteiger partial charge in [-0.05, 0) is 32.4 Å². The molecule has 0 aliphatic heterocycles. The third-order valence-corrected chi connectivity index (χ3v) is 3.01. The average Bonchev–Trinajstić information content (AvgIpc) is 2.09. The van der Waals surface area contributed by atoms with Crippen molar-refractivity contribution < 1.29 is 0 Å². The predicted molar refractivity (Wildman–Crippen MR) is 56.7 cm³/mol. The van der Waals surface area contributed by atoms with Crippen molar-refractivity contribution in [3.63, 3.8) is 0 Å². The van der Waals surface area contributed by atoms with E-state index in [0.717, 1.165) is 0 Å². The van der Waals surface area contributed by atoms with Gasteiger partial charge in [0.2, 0.25) is 0 Å². The molecule has 0 saturated heterocycles. The maximum Gasteiger partial charge on any atom is 0.101 e. The quantitative estimate of drug-likeness (QED) is 0.669. The third kappa shape index (κ3) is 2.78. The molecule has 0 radical (unpaired) electrons. The lowest BCUT2D eigenvalue weighted by molar-refractivity contribution is 0.912. The second-order valence-corrected chi connectivity index (χ2v) is 5.15. The fourth-order valence-corrected chi connectivity index (χ4v) is 1.94. The number of nitriles is 1. The second-order valence-electron chi connectivity index (χ2n) is 3.49. The van der Waals surface area contributed by atoms with Crippen molar-refractivity contribution in [2.24, 2.45) is 0 Å². The average molecular weight is 191 g/mol. The molecule has 1 nitrogen and oxygen atoms in total. The zero-order chi connectivity index (χ0) is 9.90. The summed E-state index contributed by atoms with van der Waals surface area (Å²) < 4.78 is -0.341. The Balaban J connectivity index is 2.88.